The van der Waals surface area contributed by atoms with Crippen molar-refractivity contribution in [2.75, 3.05) is 20.1 Å². The van der Waals surface area contributed by atoms with Crippen molar-refractivity contribution >= 4 is 5.91 Å². The average molecular weight is 359 g/mol. The number of nitrogens with zero attached hydrogens (tertiary/aromatic N) is 4. The van der Waals surface area contributed by atoms with Gasteiger partial charge in [-0.05, 0) is 38.3 Å². The number of aromatic amines is 1. The first-order valence-corrected chi connectivity index (χ1v) is 9.24. The SMILES string of the molecule is CN(Cc1cc(C2CC2)n[nH]1)C(=O)c1cc(CN2CCC[C@H](O)C2)on1. The van der Waals surface area contributed by atoms with Gasteiger partial charge in [-0.15, -0.1) is 0 Å². The van der Waals surface area contributed by atoms with Crippen LogP contribution >= 0.6 is 0 Å². The fourth-order valence-corrected chi connectivity index (χ4v) is 3.45. The van der Waals surface area contributed by atoms with Gasteiger partial charge in [0.1, 0.15) is 0 Å². The molecule has 2 aromatic heterocycles. The van der Waals surface area contributed by atoms with Gasteiger partial charge in [0.2, 0.25) is 0 Å². The van der Waals surface area contributed by atoms with Crippen LogP contribution < -0.4 is 0 Å². The predicted molar refractivity (Wildman–Crippen MR) is 93.4 cm³/mol. The zero-order valence-electron chi connectivity index (χ0n) is 15.0. The third kappa shape index (κ3) is 3.96. The first-order chi connectivity index (χ1) is 12.6. The summed E-state index contributed by atoms with van der Waals surface area (Å²) in [5.41, 5.74) is 2.32. The highest BCUT2D eigenvalue weighted by Gasteiger charge is 2.27. The zero-order valence-corrected chi connectivity index (χ0v) is 15.0. The number of amides is 1. The number of β-amino-alcohol motifs (C(OH)–C–C–N with tert-alkyl or cyclic N) is 1. The van der Waals surface area contributed by atoms with Gasteiger partial charge in [0, 0.05) is 25.6 Å². The standard InChI is InChI=1S/C18H25N5O3/c1-22(9-13-7-16(20-19-13)12-4-5-12)18(25)17-8-15(26-21-17)11-23-6-2-3-14(24)10-23/h7-8,12,14,24H,2-6,9-11H2,1H3,(H,19,20)/t14-/m0/s1. The molecule has 8 nitrogen and oxygen atoms in total. The molecule has 1 aliphatic carbocycles. The van der Waals surface area contributed by atoms with Gasteiger partial charge in [-0.3, -0.25) is 14.8 Å². The highest BCUT2D eigenvalue weighted by atomic mass is 16.5. The molecule has 2 fully saturated rings. The van der Waals surface area contributed by atoms with Crippen LogP contribution in [0.4, 0.5) is 0 Å². The van der Waals surface area contributed by atoms with Crippen LogP contribution in [0.2, 0.25) is 0 Å². The normalized spacial score (nSPS) is 21.1. The second-order valence-corrected chi connectivity index (χ2v) is 7.46. The molecule has 1 aliphatic heterocycles. The maximum absolute atomic E-state index is 12.6. The minimum absolute atomic E-state index is 0.179. The molecule has 1 amide bonds. The fraction of sp³-hybridized carbons (Fsp3) is 0.611. The lowest BCUT2D eigenvalue weighted by Gasteiger charge is -2.28. The highest BCUT2D eigenvalue weighted by Crippen LogP contribution is 2.39. The van der Waals surface area contributed by atoms with Crippen LogP contribution in [0.5, 0.6) is 0 Å². The third-order valence-corrected chi connectivity index (χ3v) is 5.04. The lowest BCUT2D eigenvalue weighted by molar-refractivity contribution is 0.0622. The zero-order chi connectivity index (χ0) is 18.1. The van der Waals surface area contributed by atoms with Crippen LogP contribution in [-0.4, -0.2) is 62.4 Å². The van der Waals surface area contributed by atoms with Crippen LogP contribution in [0.3, 0.4) is 0 Å². The number of aliphatic hydroxyl groups excluding tert-OH is 1. The van der Waals surface area contributed by atoms with E-state index >= 15 is 0 Å². The Bertz CT molecular complexity index is 766. The number of aliphatic hydroxyl groups is 1. The quantitative estimate of drug-likeness (QED) is 0.811. The fourth-order valence-electron chi connectivity index (χ4n) is 3.45. The van der Waals surface area contributed by atoms with Gasteiger partial charge in [0.25, 0.3) is 5.91 Å². The van der Waals surface area contributed by atoms with Gasteiger partial charge in [-0.1, -0.05) is 5.16 Å². The third-order valence-electron chi connectivity index (χ3n) is 5.04. The van der Waals surface area contributed by atoms with Crippen LogP contribution in [0.15, 0.2) is 16.7 Å². The Morgan fingerprint density at radius 2 is 2.27 bits per heavy atom. The Kier molecular flexibility index (Phi) is 4.78. The van der Waals surface area contributed by atoms with E-state index in [1.165, 1.54) is 12.8 Å². The molecule has 1 saturated carbocycles. The molecule has 2 aromatic rings. The Hall–Kier alpha value is -2.19. The molecule has 0 aromatic carbocycles. The molecule has 26 heavy (non-hydrogen) atoms. The summed E-state index contributed by atoms with van der Waals surface area (Å²) in [7, 11) is 1.75. The van der Waals surface area contributed by atoms with Crippen molar-refractivity contribution < 1.29 is 14.4 Å². The van der Waals surface area contributed by atoms with E-state index in [4.69, 9.17) is 4.52 Å². The molecular weight excluding hydrogens is 334 g/mol. The minimum Gasteiger partial charge on any atom is -0.392 e. The first kappa shape index (κ1) is 17.2. The molecule has 1 saturated heterocycles. The second-order valence-electron chi connectivity index (χ2n) is 7.46. The Labute approximate surface area is 152 Å². The number of H-pyrrole nitrogens is 1. The smallest absolute Gasteiger partial charge is 0.276 e. The van der Waals surface area contributed by atoms with Crippen molar-refractivity contribution in [3.63, 3.8) is 0 Å². The Balaban J connectivity index is 1.34. The van der Waals surface area contributed by atoms with E-state index in [1.54, 1.807) is 18.0 Å². The van der Waals surface area contributed by atoms with Crippen molar-refractivity contribution in [1.82, 2.24) is 25.2 Å². The molecule has 0 spiro atoms. The monoisotopic (exact) mass is 359 g/mol. The lowest BCUT2D eigenvalue weighted by atomic mass is 10.1. The summed E-state index contributed by atoms with van der Waals surface area (Å²) in [6.45, 7) is 2.57. The molecular formula is C18H25N5O3. The number of carbonyl (C=O) groups is 1. The predicted octanol–water partition coefficient (Wildman–Crippen LogP) is 1.50. The molecule has 2 aliphatic rings. The van der Waals surface area contributed by atoms with E-state index in [2.05, 4.69) is 20.3 Å². The minimum atomic E-state index is -0.283. The molecule has 0 radical (unpaired) electrons. The molecule has 8 heteroatoms. The topological polar surface area (TPSA) is 98.5 Å². The maximum atomic E-state index is 12.6. The van der Waals surface area contributed by atoms with E-state index in [9.17, 15) is 9.90 Å². The summed E-state index contributed by atoms with van der Waals surface area (Å²) < 4.78 is 5.33. The average Bonchev–Trinajstić information content (AvgIpc) is 3.19. The van der Waals surface area contributed by atoms with Gasteiger partial charge in [-0.2, -0.15) is 5.10 Å². The lowest BCUT2D eigenvalue weighted by Crippen LogP contribution is -2.37. The van der Waals surface area contributed by atoms with Crippen molar-refractivity contribution in [1.29, 1.82) is 0 Å². The number of nitrogens with one attached hydrogen (secondary N) is 1. The summed E-state index contributed by atoms with van der Waals surface area (Å²) in [5, 5.41) is 21.0. The molecule has 4 rings (SSSR count). The molecule has 0 unspecified atom stereocenters. The van der Waals surface area contributed by atoms with Gasteiger partial charge in [-0.25, -0.2) is 0 Å². The van der Waals surface area contributed by atoms with Crippen LogP contribution in [-0.2, 0) is 13.1 Å². The molecule has 3 heterocycles. The van der Waals surface area contributed by atoms with Gasteiger partial charge >= 0.3 is 0 Å². The summed E-state index contributed by atoms with van der Waals surface area (Å²) in [6.07, 6.45) is 3.94. The van der Waals surface area contributed by atoms with Gasteiger partial charge in [0.05, 0.1) is 30.6 Å². The van der Waals surface area contributed by atoms with E-state index in [0.29, 0.717) is 37.0 Å². The van der Waals surface area contributed by atoms with Crippen LogP contribution in [0.1, 0.15) is 59.2 Å². The molecule has 0 bridgehead atoms. The summed E-state index contributed by atoms with van der Waals surface area (Å²) in [5.74, 6) is 1.06. The number of hydrogen-bond acceptors (Lipinski definition) is 6. The van der Waals surface area contributed by atoms with Crippen LogP contribution in [0.25, 0.3) is 0 Å². The van der Waals surface area contributed by atoms with E-state index in [1.807, 2.05) is 6.07 Å². The number of piperidine rings is 1. The summed E-state index contributed by atoms with van der Waals surface area (Å²) in [6, 6.07) is 3.74. The maximum Gasteiger partial charge on any atom is 0.276 e. The van der Waals surface area contributed by atoms with Crippen molar-refractivity contribution in [3.8, 4) is 0 Å². The first-order valence-electron chi connectivity index (χ1n) is 9.24. The molecule has 140 valence electrons. The van der Waals surface area contributed by atoms with Crippen molar-refractivity contribution in [2.24, 2.45) is 0 Å². The number of likely N-dealkylation sites (tertiary alicyclic amines) is 1. The van der Waals surface area contributed by atoms with Crippen LogP contribution in [0, 0.1) is 0 Å². The largest absolute Gasteiger partial charge is 0.392 e. The van der Waals surface area contributed by atoms with Gasteiger partial charge < -0.3 is 14.5 Å². The van der Waals surface area contributed by atoms with E-state index in [0.717, 1.165) is 30.8 Å². The summed E-state index contributed by atoms with van der Waals surface area (Å²) >= 11 is 0. The summed E-state index contributed by atoms with van der Waals surface area (Å²) in [4.78, 5) is 16.3. The highest BCUT2D eigenvalue weighted by molar-refractivity contribution is 5.92. The Morgan fingerprint density at radius 3 is 3.04 bits per heavy atom. The number of rotatable bonds is 6. The number of carbonyl (C=O) groups excluding carboxylic acids is 1. The Morgan fingerprint density at radius 1 is 1.42 bits per heavy atom. The van der Waals surface area contributed by atoms with E-state index in [-0.39, 0.29) is 12.0 Å². The molecule has 2 N–H and O–H groups in total. The molecule has 1 atom stereocenters. The van der Waals surface area contributed by atoms with E-state index < -0.39 is 0 Å². The van der Waals surface area contributed by atoms with Gasteiger partial charge in [0.15, 0.2) is 11.5 Å². The second kappa shape index (κ2) is 7.20. The number of hydrogen-bond donors (Lipinski definition) is 2. The van der Waals surface area contributed by atoms with Crippen molar-refractivity contribution in [3.05, 3.63) is 35.0 Å². The van der Waals surface area contributed by atoms with Crippen molar-refractivity contribution in [2.45, 2.75) is 50.8 Å². The number of aromatic nitrogens is 3.